The van der Waals surface area contributed by atoms with E-state index in [1.54, 1.807) is 13.8 Å². The first kappa shape index (κ1) is 13.1. The lowest BCUT2D eigenvalue weighted by atomic mass is 9.91. The molecule has 0 aromatic carbocycles. The first-order chi connectivity index (χ1) is 4.92. The van der Waals surface area contributed by atoms with Gasteiger partial charge >= 0.3 is 5.97 Å². The van der Waals surface area contributed by atoms with Crippen LogP contribution in [-0.4, -0.2) is 11.1 Å². The maximum Gasteiger partial charge on any atom is 0.309 e. The van der Waals surface area contributed by atoms with Crippen LogP contribution in [0.15, 0.2) is 0 Å². The molecule has 0 atom stereocenters. The third-order valence-electron chi connectivity index (χ3n) is 1.46. The van der Waals surface area contributed by atoms with E-state index in [0.717, 1.165) is 0 Å². The molecule has 0 radical (unpaired) electrons. The van der Waals surface area contributed by atoms with Crippen molar-refractivity contribution in [3.8, 4) is 0 Å². The zero-order chi connectivity index (χ0) is 9.49. The van der Waals surface area contributed by atoms with E-state index < -0.39 is 11.4 Å². The molecule has 0 rings (SSSR count). The maximum atomic E-state index is 10.3. The number of carboxylic acids is 1. The highest BCUT2D eigenvalue weighted by Gasteiger charge is 2.23. The van der Waals surface area contributed by atoms with E-state index in [1.165, 1.54) is 6.42 Å². The summed E-state index contributed by atoms with van der Waals surface area (Å²) in [6.45, 7) is 9.55. The lowest BCUT2D eigenvalue weighted by molar-refractivity contribution is -0.147. The molecule has 0 aromatic rings. The average molecular weight is 160 g/mol. The van der Waals surface area contributed by atoms with Crippen LogP contribution in [0.5, 0.6) is 0 Å². The summed E-state index contributed by atoms with van der Waals surface area (Å²) in [7, 11) is 0. The molecule has 68 valence electrons. The quantitative estimate of drug-likeness (QED) is 0.674. The molecule has 1 N–H and O–H groups in total. The lowest BCUT2D eigenvalue weighted by Crippen LogP contribution is -2.21. The van der Waals surface area contributed by atoms with Crippen molar-refractivity contribution in [3.05, 3.63) is 0 Å². The molecule has 0 bridgehead atoms. The zero-order valence-electron chi connectivity index (χ0n) is 8.27. The van der Waals surface area contributed by atoms with Gasteiger partial charge in [0.1, 0.15) is 0 Å². The molecular formula is C9H20O2. The average Bonchev–Trinajstić information content (AvgIpc) is 1.89. The Morgan fingerprint density at radius 2 is 1.55 bits per heavy atom. The number of hydrogen-bond acceptors (Lipinski definition) is 1. The van der Waals surface area contributed by atoms with Gasteiger partial charge in [0.15, 0.2) is 0 Å². The second-order valence-corrected chi connectivity index (χ2v) is 3.25. The van der Waals surface area contributed by atoms with Gasteiger partial charge in [-0.3, -0.25) is 4.79 Å². The molecule has 0 aliphatic carbocycles. The van der Waals surface area contributed by atoms with Gasteiger partial charge < -0.3 is 5.11 Å². The molecule has 11 heavy (non-hydrogen) atoms. The van der Waals surface area contributed by atoms with Crippen LogP contribution in [0.1, 0.15) is 47.5 Å². The zero-order valence-corrected chi connectivity index (χ0v) is 8.27. The first-order valence-corrected chi connectivity index (χ1v) is 4.15. The van der Waals surface area contributed by atoms with E-state index in [-0.39, 0.29) is 0 Å². The summed E-state index contributed by atoms with van der Waals surface area (Å²) < 4.78 is 0. The van der Waals surface area contributed by atoms with Gasteiger partial charge in [-0.1, -0.05) is 27.2 Å². The Balaban J connectivity index is 0. The van der Waals surface area contributed by atoms with Crippen molar-refractivity contribution in [1.29, 1.82) is 0 Å². The highest BCUT2D eigenvalue weighted by Crippen LogP contribution is 2.18. The number of hydrogen-bond donors (Lipinski definition) is 1. The molecule has 0 spiro atoms. The van der Waals surface area contributed by atoms with Crippen LogP contribution in [0.25, 0.3) is 0 Å². The minimum atomic E-state index is -0.722. The largest absolute Gasteiger partial charge is 0.481 e. The highest BCUT2D eigenvalue weighted by atomic mass is 16.4. The standard InChI is InChI=1S/C6H12O2.C3H8/c1-4-6(2,3)5(7)8;1-3-2/h4H2,1-3H3,(H,7,8);3H2,1-2H3. The molecule has 0 saturated heterocycles. The van der Waals surface area contributed by atoms with Gasteiger partial charge in [0.2, 0.25) is 0 Å². The van der Waals surface area contributed by atoms with E-state index in [4.69, 9.17) is 5.11 Å². The Labute approximate surface area is 69.6 Å². The minimum absolute atomic E-state index is 0.542. The fourth-order valence-corrected chi connectivity index (χ4v) is 0.151. The summed E-state index contributed by atoms with van der Waals surface area (Å²) in [5, 5.41) is 8.44. The predicted octanol–water partition coefficient (Wildman–Crippen LogP) is 2.92. The molecule has 0 fully saturated rings. The van der Waals surface area contributed by atoms with Gasteiger partial charge in [-0.2, -0.15) is 0 Å². The maximum absolute atomic E-state index is 10.3. The first-order valence-electron chi connectivity index (χ1n) is 4.15. The van der Waals surface area contributed by atoms with Crippen LogP contribution in [0.2, 0.25) is 0 Å². The lowest BCUT2D eigenvalue weighted by Gasteiger charge is -2.14. The van der Waals surface area contributed by atoms with E-state index in [0.29, 0.717) is 6.42 Å². The normalized spacial score (nSPS) is 9.91. The van der Waals surface area contributed by atoms with Gasteiger partial charge in [-0.25, -0.2) is 0 Å². The molecule has 0 heterocycles. The third kappa shape index (κ3) is 7.37. The summed E-state index contributed by atoms with van der Waals surface area (Å²) >= 11 is 0. The van der Waals surface area contributed by atoms with Gasteiger partial charge in [0.05, 0.1) is 5.41 Å². The molecule has 0 aromatic heterocycles. The number of carbonyl (C=O) groups is 1. The van der Waals surface area contributed by atoms with Gasteiger partial charge in [0, 0.05) is 0 Å². The van der Waals surface area contributed by atoms with Crippen LogP contribution in [0.3, 0.4) is 0 Å². The van der Waals surface area contributed by atoms with E-state index >= 15 is 0 Å². The van der Waals surface area contributed by atoms with Crippen LogP contribution in [0, 0.1) is 5.41 Å². The van der Waals surface area contributed by atoms with Crippen molar-refractivity contribution in [3.63, 3.8) is 0 Å². The van der Waals surface area contributed by atoms with Crippen LogP contribution in [-0.2, 0) is 4.79 Å². The molecule has 0 amide bonds. The molecule has 0 aliphatic rings. The smallest absolute Gasteiger partial charge is 0.309 e. The topological polar surface area (TPSA) is 37.3 Å². The van der Waals surface area contributed by atoms with Gasteiger partial charge in [-0.05, 0) is 20.3 Å². The SMILES string of the molecule is CCC.CCC(C)(C)C(=O)O. The Bertz CT molecular complexity index is 106. The Kier molecular flexibility index (Phi) is 7.37. The van der Waals surface area contributed by atoms with Crippen LogP contribution >= 0.6 is 0 Å². The second-order valence-electron chi connectivity index (χ2n) is 3.25. The van der Waals surface area contributed by atoms with Crippen molar-refractivity contribution >= 4 is 5.97 Å². The minimum Gasteiger partial charge on any atom is -0.481 e. The molecule has 2 nitrogen and oxygen atoms in total. The summed E-state index contributed by atoms with van der Waals surface area (Å²) in [5.74, 6) is -0.722. The fraction of sp³-hybridized carbons (Fsp3) is 0.889. The third-order valence-corrected chi connectivity index (χ3v) is 1.46. The number of carboxylic acid groups (broad SMARTS) is 1. The highest BCUT2D eigenvalue weighted by molar-refractivity contribution is 5.73. The van der Waals surface area contributed by atoms with E-state index in [1.807, 2.05) is 6.92 Å². The predicted molar refractivity (Wildman–Crippen MR) is 47.7 cm³/mol. The van der Waals surface area contributed by atoms with Gasteiger partial charge in [-0.15, -0.1) is 0 Å². The Morgan fingerprint density at radius 3 is 1.55 bits per heavy atom. The molecular weight excluding hydrogens is 140 g/mol. The van der Waals surface area contributed by atoms with E-state index in [2.05, 4.69) is 13.8 Å². The van der Waals surface area contributed by atoms with E-state index in [9.17, 15) is 4.79 Å². The summed E-state index contributed by atoms with van der Waals surface area (Å²) in [5.41, 5.74) is -0.542. The van der Waals surface area contributed by atoms with Crippen molar-refractivity contribution in [2.45, 2.75) is 47.5 Å². The summed E-state index contributed by atoms with van der Waals surface area (Å²) in [4.78, 5) is 10.3. The van der Waals surface area contributed by atoms with Crippen molar-refractivity contribution in [2.24, 2.45) is 5.41 Å². The molecule has 0 unspecified atom stereocenters. The number of aliphatic carboxylic acids is 1. The van der Waals surface area contributed by atoms with Crippen molar-refractivity contribution < 1.29 is 9.90 Å². The second kappa shape index (κ2) is 6.20. The monoisotopic (exact) mass is 160 g/mol. The van der Waals surface area contributed by atoms with Crippen LogP contribution in [0.4, 0.5) is 0 Å². The van der Waals surface area contributed by atoms with Gasteiger partial charge in [0.25, 0.3) is 0 Å². The fourth-order valence-electron chi connectivity index (χ4n) is 0.151. The number of rotatable bonds is 2. The molecule has 0 saturated carbocycles. The van der Waals surface area contributed by atoms with Crippen molar-refractivity contribution in [2.75, 3.05) is 0 Å². The summed E-state index contributed by atoms with van der Waals surface area (Å²) in [6, 6.07) is 0. The van der Waals surface area contributed by atoms with Crippen LogP contribution < -0.4 is 0 Å². The Hall–Kier alpha value is -0.530. The Morgan fingerprint density at radius 1 is 1.27 bits per heavy atom. The molecule has 0 aliphatic heterocycles. The summed E-state index contributed by atoms with van der Waals surface area (Å²) in [6.07, 6.45) is 1.93. The van der Waals surface area contributed by atoms with Crippen molar-refractivity contribution in [1.82, 2.24) is 0 Å². The molecule has 2 heteroatoms.